The summed E-state index contributed by atoms with van der Waals surface area (Å²) in [6, 6.07) is 20.7. The standard InChI is InChI=1S/C26H24O5/c1-3-18-30-23-15-9-21(10-16-23)26(28)31-24-11-4-19(5-12-24)6-17-25(27)20-7-13-22(29-2)14-8-20/h4-17H,3,18H2,1-2H3/b17-6+. The van der Waals surface area contributed by atoms with Gasteiger partial charge in [-0.25, -0.2) is 4.79 Å². The second-order valence-electron chi connectivity index (χ2n) is 6.76. The van der Waals surface area contributed by atoms with E-state index in [0.29, 0.717) is 29.2 Å². The molecule has 0 aliphatic heterocycles. The van der Waals surface area contributed by atoms with E-state index in [2.05, 4.69) is 0 Å². The minimum Gasteiger partial charge on any atom is -0.497 e. The molecule has 0 unspecified atom stereocenters. The number of ketones is 1. The summed E-state index contributed by atoms with van der Waals surface area (Å²) in [6.45, 7) is 2.67. The average Bonchev–Trinajstić information content (AvgIpc) is 2.82. The Hall–Kier alpha value is -3.86. The predicted octanol–water partition coefficient (Wildman–Crippen LogP) is 5.60. The Morgan fingerprint density at radius 3 is 1.97 bits per heavy atom. The van der Waals surface area contributed by atoms with Gasteiger partial charge >= 0.3 is 5.97 Å². The number of hydrogen-bond donors (Lipinski definition) is 0. The molecule has 3 aromatic carbocycles. The summed E-state index contributed by atoms with van der Waals surface area (Å²) in [6.07, 6.45) is 4.14. The first-order valence-corrected chi connectivity index (χ1v) is 10.0. The number of benzene rings is 3. The molecule has 0 radical (unpaired) electrons. The van der Waals surface area contributed by atoms with Crippen LogP contribution in [0.4, 0.5) is 0 Å². The van der Waals surface area contributed by atoms with E-state index in [9.17, 15) is 9.59 Å². The van der Waals surface area contributed by atoms with Crippen LogP contribution in [0, 0.1) is 0 Å². The lowest BCUT2D eigenvalue weighted by atomic mass is 10.1. The molecular formula is C26H24O5. The Labute approximate surface area is 181 Å². The van der Waals surface area contributed by atoms with Crippen LogP contribution in [0.5, 0.6) is 17.2 Å². The van der Waals surface area contributed by atoms with Crippen LogP contribution >= 0.6 is 0 Å². The summed E-state index contributed by atoms with van der Waals surface area (Å²) < 4.78 is 16.0. The van der Waals surface area contributed by atoms with E-state index in [0.717, 1.165) is 17.7 Å². The third-order valence-electron chi connectivity index (χ3n) is 4.46. The van der Waals surface area contributed by atoms with Gasteiger partial charge in [0.05, 0.1) is 19.3 Å². The molecule has 158 valence electrons. The highest BCUT2D eigenvalue weighted by atomic mass is 16.5. The monoisotopic (exact) mass is 416 g/mol. The van der Waals surface area contributed by atoms with Gasteiger partial charge in [0.25, 0.3) is 0 Å². The minimum atomic E-state index is -0.444. The second kappa shape index (κ2) is 10.8. The van der Waals surface area contributed by atoms with Crippen LogP contribution in [0.2, 0.25) is 0 Å². The lowest BCUT2D eigenvalue weighted by Gasteiger charge is -2.07. The molecule has 0 N–H and O–H groups in total. The van der Waals surface area contributed by atoms with Crippen LogP contribution in [0.3, 0.4) is 0 Å². The van der Waals surface area contributed by atoms with Crippen LogP contribution in [0.15, 0.2) is 78.9 Å². The van der Waals surface area contributed by atoms with Gasteiger partial charge in [0, 0.05) is 5.56 Å². The van der Waals surface area contributed by atoms with Crippen molar-refractivity contribution in [2.24, 2.45) is 0 Å². The van der Waals surface area contributed by atoms with Crippen molar-refractivity contribution < 1.29 is 23.8 Å². The lowest BCUT2D eigenvalue weighted by Crippen LogP contribution is -2.08. The molecule has 0 saturated carbocycles. The molecule has 3 aromatic rings. The van der Waals surface area contributed by atoms with Gasteiger partial charge in [-0.2, -0.15) is 0 Å². The zero-order chi connectivity index (χ0) is 22.1. The topological polar surface area (TPSA) is 61.8 Å². The molecule has 31 heavy (non-hydrogen) atoms. The first-order chi connectivity index (χ1) is 15.1. The molecule has 0 aromatic heterocycles. The fraction of sp³-hybridized carbons (Fsp3) is 0.154. The fourth-order valence-electron chi connectivity index (χ4n) is 2.74. The smallest absolute Gasteiger partial charge is 0.343 e. The van der Waals surface area contributed by atoms with E-state index in [-0.39, 0.29) is 5.78 Å². The van der Waals surface area contributed by atoms with Crippen LogP contribution < -0.4 is 14.2 Å². The summed E-state index contributed by atoms with van der Waals surface area (Å²) in [4.78, 5) is 24.6. The Bertz CT molecular complexity index is 1030. The molecule has 0 atom stereocenters. The zero-order valence-electron chi connectivity index (χ0n) is 17.5. The number of ether oxygens (including phenoxy) is 3. The average molecular weight is 416 g/mol. The van der Waals surface area contributed by atoms with E-state index in [1.165, 1.54) is 6.08 Å². The maximum absolute atomic E-state index is 12.3. The zero-order valence-corrected chi connectivity index (χ0v) is 17.5. The van der Waals surface area contributed by atoms with Crippen LogP contribution in [0.25, 0.3) is 6.08 Å². The van der Waals surface area contributed by atoms with Crippen LogP contribution in [0.1, 0.15) is 39.6 Å². The SMILES string of the molecule is CCCOc1ccc(C(=O)Oc2ccc(/C=C/C(=O)c3ccc(OC)cc3)cc2)cc1. The molecule has 5 heteroatoms. The predicted molar refractivity (Wildman–Crippen MR) is 120 cm³/mol. The van der Waals surface area contributed by atoms with E-state index >= 15 is 0 Å². The first kappa shape index (κ1) is 21.8. The maximum Gasteiger partial charge on any atom is 0.343 e. The second-order valence-corrected chi connectivity index (χ2v) is 6.76. The van der Waals surface area contributed by atoms with Gasteiger partial charge in [-0.15, -0.1) is 0 Å². The highest BCUT2D eigenvalue weighted by Gasteiger charge is 2.09. The summed E-state index contributed by atoms with van der Waals surface area (Å²) in [5.74, 6) is 1.30. The van der Waals surface area contributed by atoms with Crippen molar-refractivity contribution in [3.05, 3.63) is 95.6 Å². The van der Waals surface area contributed by atoms with Gasteiger partial charge < -0.3 is 14.2 Å². The van der Waals surface area contributed by atoms with Crippen molar-refractivity contribution >= 4 is 17.8 Å². The molecule has 0 amide bonds. The van der Waals surface area contributed by atoms with Gasteiger partial charge in [0.15, 0.2) is 5.78 Å². The molecule has 0 heterocycles. The maximum atomic E-state index is 12.3. The summed E-state index contributed by atoms with van der Waals surface area (Å²) >= 11 is 0. The number of esters is 1. The van der Waals surface area contributed by atoms with Crippen molar-refractivity contribution in [1.82, 2.24) is 0 Å². The first-order valence-electron chi connectivity index (χ1n) is 10.0. The number of allylic oxidation sites excluding steroid dienone is 1. The molecule has 0 fully saturated rings. The largest absolute Gasteiger partial charge is 0.497 e. The lowest BCUT2D eigenvalue weighted by molar-refractivity contribution is 0.0734. The van der Waals surface area contributed by atoms with Crippen molar-refractivity contribution in [2.45, 2.75) is 13.3 Å². The van der Waals surface area contributed by atoms with Crippen molar-refractivity contribution in [3.8, 4) is 17.2 Å². The Morgan fingerprint density at radius 1 is 0.774 bits per heavy atom. The highest BCUT2D eigenvalue weighted by molar-refractivity contribution is 6.06. The summed E-state index contributed by atoms with van der Waals surface area (Å²) in [7, 11) is 1.58. The third-order valence-corrected chi connectivity index (χ3v) is 4.46. The summed E-state index contributed by atoms with van der Waals surface area (Å²) in [5.41, 5.74) is 1.84. The molecule has 5 nitrogen and oxygen atoms in total. The molecule has 0 spiro atoms. The molecule has 0 bridgehead atoms. The van der Waals surface area contributed by atoms with Crippen LogP contribution in [-0.2, 0) is 0 Å². The number of rotatable bonds is 9. The summed E-state index contributed by atoms with van der Waals surface area (Å²) in [5, 5.41) is 0. The Morgan fingerprint density at radius 2 is 1.35 bits per heavy atom. The number of hydrogen-bond acceptors (Lipinski definition) is 5. The quantitative estimate of drug-likeness (QED) is 0.197. The van der Waals surface area contributed by atoms with Gasteiger partial charge in [0.1, 0.15) is 17.2 Å². The van der Waals surface area contributed by atoms with Gasteiger partial charge in [-0.3, -0.25) is 4.79 Å². The fourth-order valence-corrected chi connectivity index (χ4v) is 2.74. The number of methoxy groups -OCH3 is 1. The van der Waals surface area contributed by atoms with Crippen molar-refractivity contribution in [3.63, 3.8) is 0 Å². The van der Waals surface area contributed by atoms with Crippen molar-refractivity contribution in [1.29, 1.82) is 0 Å². The van der Waals surface area contributed by atoms with Gasteiger partial charge in [-0.05, 0) is 78.7 Å². The van der Waals surface area contributed by atoms with E-state index < -0.39 is 5.97 Å². The van der Waals surface area contributed by atoms with Crippen LogP contribution in [-0.4, -0.2) is 25.5 Å². The molecule has 0 aliphatic carbocycles. The molecule has 0 saturated heterocycles. The van der Waals surface area contributed by atoms with Gasteiger partial charge in [0.2, 0.25) is 0 Å². The van der Waals surface area contributed by atoms with E-state index in [1.807, 2.05) is 6.92 Å². The van der Waals surface area contributed by atoms with Gasteiger partial charge in [-0.1, -0.05) is 25.1 Å². The Balaban J connectivity index is 1.57. The third kappa shape index (κ3) is 6.31. The minimum absolute atomic E-state index is 0.107. The normalized spacial score (nSPS) is 10.6. The molecular weight excluding hydrogens is 392 g/mol. The van der Waals surface area contributed by atoms with E-state index in [4.69, 9.17) is 14.2 Å². The van der Waals surface area contributed by atoms with E-state index in [1.54, 1.807) is 86.0 Å². The molecule has 0 aliphatic rings. The number of carbonyl (C=O) groups excluding carboxylic acids is 2. The van der Waals surface area contributed by atoms with Crippen molar-refractivity contribution in [2.75, 3.05) is 13.7 Å². The number of carbonyl (C=O) groups is 2. The molecule has 3 rings (SSSR count). The Kier molecular flexibility index (Phi) is 7.60. The highest BCUT2D eigenvalue weighted by Crippen LogP contribution is 2.18.